The lowest BCUT2D eigenvalue weighted by Crippen LogP contribution is -2.33. The summed E-state index contributed by atoms with van der Waals surface area (Å²) in [6.07, 6.45) is 4.92. The van der Waals surface area contributed by atoms with Crippen molar-refractivity contribution in [2.75, 3.05) is 26.8 Å². The normalized spacial score (nSPS) is 15.4. The Bertz CT molecular complexity index is 127. The van der Waals surface area contributed by atoms with Crippen LogP contribution in [0, 0.1) is 5.41 Å². The molecule has 0 radical (unpaired) electrons. The maximum absolute atomic E-state index is 5.16. The van der Waals surface area contributed by atoms with Gasteiger partial charge in [-0.25, -0.2) is 0 Å². The molecule has 0 aliphatic carbocycles. The van der Waals surface area contributed by atoms with Gasteiger partial charge in [0.15, 0.2) is 0 Å². The maximum Gasteiger partial charge on any atom is 0.0467 e. The van der Waals surface area contributed by atoms with Gasteiger partial charge in [0, 0.05) is 20.3 Å². The molecule has 2 nitrogen and oxygen atoms in total. The van der Waals surface area contributed by atoms with Gasteiger partial charge < -0.3 is 10.1 Å². The van der Waals surface area contributed by atoms with E-state index < -0.39 is 0 Å². The highest BCUT2D eigenvalue weighted by atomic mass is 16.5. The first kappa shape index (κ1) is 13.9. The third kappa shape index (κ3) is 6.39. The lowest BCUT2D eigenvalue weighted by atomic mass is 9.82. The summed E-state index contributed by atoms with van der Waals surface area (Å²) in [5.41, 5.74) is 0.417. The molecule has 1 atom stereocenters. The highest BCUT2D eigenvalue weighted by Crippen LogP contribution is 2.26. The third-order valence-electron chi connectivity index (χ3n) is 2.74. The Kier molecular flexibility index (Phi) is 8.20. The molecule has 0 fully saturated rings. The maximum atomic E-state index is 5.16. The van der Waals surface area contributed by atoms with Crippen LogP contribution in [0.25, 0.3) is 0 Å². The van der Waals surface area contributed by atoms with Crippen molar-refractivity contribution in [2.24, 2.45) is 5.41 Å². The smallest absolute Gasteiger partial charge is 0.0467 e. The Morgan fingerprint density at radius 2 is 1.86 bits per heavy atom. The molecular formula is C12H27NO. The number of nitrogens with one attached hydrogen (secondary N) is 1. The second kappa shape index (κ2) is 8.25. The van der Waals surface area contributed by atoms with Crippen molar-refractivity contribution in [3.63, 3.8) is 0 Å². The van der Waals surface area contributed by atoms with Crippen LogP contribution >= 0.6 is 0 Å². The predicted molar refractivity (Wildman–Crippen MR) is 62.7 cm³/mol. The zero-order chi connectivity index (χ0) is 10.9. The third-order valence-corrected chi connectivity index (χ3v) is 2.74. The Morgan fingerprint density at radius 3 is 2.36 bits per heavy atom. The van der Waals surface area contributed by atoms with Gasteiger partial charge in [0.1, 0.15) is 0 Å². The fraction of sp³-hybridized carbons (Fsp3) is 1.00. The van der Waals surface area contributed by atoms with E-state index in [-0.39, 0.29) is 0 Å². The van der Waals surface area contributed by atoms with Crippen LogP contribution in [0.4, 0.5) is 0 Å². The molecule has 0 aliphatic heterocycles. The summed E-state index contributed by atoms with van der Waals surface area (Å²) < 4.78 is 5.16. The fourth-order valence-corrected chi connectivity index (χ4v) is 1.82. The number of methoxy groups -OCH3 is 1. The van der Waals surface area contributed by atoms with Crippen LogP contribution in [0.1, 0.15) is 46.5 Å². The van der Waals surface area contributed by atoms with E-state index >= 15 is 0 Å². The molecule has 1 N–H and O–H groups in total. The Hall–Kier alpha value is -0.0800. The molecule has 0 saturated carbocycles. The number of hydrogen-bond acceptors (Lipinski definition) is 2. The minimum Gasteiger partial charge on any atom is -0.385 e. The van der Waals surface area contributed by atoms with Gasteiger partial charge in [-0.2, -0.15) is 0 Å². The molecule has 0 aromatic carbocycles. The molecule has 2 heteroatoms. The van der Waals surface area contributed by atoms with Crippen molar-refractivity contribution >= 4 is 0 Å². The van der Waals surface area contributed by atoms with Gasteiger partial charge >= 0.3 is 0 Å². The van der Waals surface area contributed by atoms with Crippen LogP contribution in [-0.4, -0.2) is 26.8 Å². The van der Waals surface area contributed by atoms with Crippen LogP contribution in [0.3, 0.4) is 0 Å². The predicted octanol–water partition coefficient (Wildman–Crippen LogP) is 2.83. The summed E-state index contributed by atoms with van der Waals surface area (Å²) in [5, 5.41) is 3.51. The topological polar surface area (TPSA) is 21.3 Å². The first-order valence-electron chi connectivity index (χ1n) is 5.88. The summed E-state index contributed by atoms with van der Waals surface area (Å²) >= 11 is 0. The summed E-state index contributed by atoms with van der Waals surface area (Å²) in [7, 11) is 1.78. The van der Waals surface area contributed by atoms with Gasteiger partial charge in [-0.1, -0.05) is 27.2 Å². The molecule has 0 aliphatic rings. The quantitative estimate of drug-likeness (QED) is 0.579. The second-order valence-electron chi connectivity index (χ2n) is 4.48. The molecule has 1 unspecified atom stereocenters. The van der Waals surface area contributed by atoms with Crippen molar-refractivity contribution in [2.45, 2.75) is 46.5 Å². The molecule has 0 aromatic rings. The number of rotatable bonds is 9. The molecule has 0 bridgehead atoms. The van der Waals surface area contributed by atoms with Crippen LogP contribution in [0.5, 0.6) is 0 Å². The van der Waals surface area contributed by atoms with E-state index in [1.165, 1.54) is 19.3 Å². The van der Waals surface area contributed by atoms with Crippen molar-refractivity contribution in [3.8, 4) is 0 Å². The largest absolute Gasteiger partial charge is 0.385 e. The molecule has 0 aromatic heterocycles. The van der Waals surface area contributed by atoms with Crippen molar-refractivity contribution in [1.29, 1.82) is 0 Å². The summed E-state index contributed by atoms with van der Waals surface area (Å²) in [4.78, 5) is 0. The van der Waals surface area contributed by atoms with E-state index in [4.69, 9.17) is 4.74 Å². The summed E-state index contributed by atoms with van der Waals surface area (Å²) in [6, 6.07) is 0. The van der Waals surface area contributed by atoms with Gasteiger partial charge in [0.05, 0.1) is 0 Å². The van der Waals surface area contributed by atoms with E-state index in [2.05, 4.69) is 26.1 Å². The van der Waals surface area contributed by atoms with E-state index in [1.54, 1.807) is 7.11 Å². The van der Waals surface area contributed by atoms with E-state index in [0.29, 0.717) is 5.41 Å². The highest BCUT2D eigenvalue weighted by molar-refractivity contribution is 4.76. The molecule has 0 amide bonds. The molecule has 86 valence electrons. The lowest BCUT2D eigenvalue weighted by Gasteiger charge is -2.29. The first-order valence-corrected chi connectivity index (χ1v) is 5.88. The van der Waals surface area contributed by atoms with Crippen LogP contribution in [0.15, 0.2) is 0 Å². The average Bonchev–Trinajstić information content (AvgIpc) is 2.16. The molecule has 0 heterocycles. The average molecular weight is 201 g/mol. The van der Waals surface area contributed by atoms with Gasteiger partial charge in [-0.05, 0) is 31.2 Å². The minimum atomic E-state index is 0.417. The zero-order valence-corrected chi connectivity index (χ0v) is 10.4. The second-order valence-corrected chi connectivity index (χ2v) is 4.48. The summed E-state index contributed by atoms with van der Waals surface area (Å²) in [6.45, 7) is 9.96. The highest BCUT2D eigenvalue weighted by Gasteiger charge is 2.22. The summed E-state index contributed by atoms with van der Waals surface area (Å²) in [5.74, 6) is 0. The van der Waals surface area contributed by atoms with Crippen LogP contribution in [0.2, 0.25) is 0 Å². The lowest BCUT2D eigenvalue weighted by molar-refractivity contribution is 0.136. The van der Waals surface area contributed by atoms with E-state index in [1.807, 2.05) is 0 Å². The van der Waals surface area contributed by atoms with Gasteiger partial charge in [0.2, 0.25) is 0 Å². The van der Waals surface area contributed by atoms with E-state index in [9.17, 15) is 0 Å². The Morgan fingerprint density at radius 1 is 1.14 bits per heavy atom. The number of hydrogen-bond donors (Lipinski definition) is 1. The fourth-order valence-electron chi connectivity index (χ4n) is 1.82. The zero-order valence-electron chi connectivity index (χ0n) is 10.4. The first-order chi connectivity index (χ1) is 6.68. The van der Waals surface area contributed by atoms with Crippen LogP contribution in [-0.2, 0) is 4.74 Å². The Balaban J connectivity index is 3.82. The van der Waals surface area contributed by atoms with Gasteiger partial charge in [-0.3, -0.25) is 0 Å². The van der Waals surface area contributed by atoms with E-state index in [0.717, 1.165) is 26.1 Å². The minimum absolute atomic E-state index is 0.417. The van der Waals surface area contributed by atoms with Crippen LogP contribution < -0.4 is 5.32 Å². The number of ether oxygens (including phenoxy) is 1. The molecule has 0 saturated heterocycles. The standard InChI is InChI=1S/C12H27NO/c1-5-7-12(3,8-10-14-4)11-13-9-6-2/h13H,5-11H2,1-4H3. The SMILES string of the molecule is CCCNCC(C)(CCC)CCOC. The van der Waals surface area contributed by atoms with Crippen molar-refractivity contribution < 1.29 is 4.74 Å². The van der Waals surface area contributed by atoms with Gasteiger partial charge in [-0.15, -0.1) is 0 Å². The van der Waals surface area contributed by atoms with Crippen molar-refractivity contribution in [3.05, 3.63) is 0 Å². The van der Waals surface area contributed by atoms with Gasteiger partial charge in [0.25, 0.3) is 0 Å². The Labute approximate surface area is 89.4 Å². The monoisotopic (exact) mass is 201 g/mol. The van der Waals surface area contributed by atoms with Crippen molar-refractivity contribution in [1.82, 2.24) is 5.32 Å². The molecule has 0 rings (SSSR count). The molecular weight excluding hydrogens is 174 g/mol. The molecule has 0 spiro atoms. The molecule has 14 heavy (non-hydrogen) atoms.